The van der Waals surface area contributed by atoms with Gasteiger partial charge in [-0.2, -0.15) is 5.10 Å². The first-order valence-electron chi connectivity index (χ1n) is 6.89. The minimum atomic E-state index is 0. The fourth-order valence-corrected chi connectivity index (χ4v) is 2.56. The maximum atomic E-state index is 12.4. The second kappa shape index (κ2) is 6.74. The molecule has 1 saturated heterocycles. The molecule has 112 valence electrons. The van der Waals surface area contributed by atoms with E-state index in [1.165, 1.54) is 0 Å². The first-order chi connectivity index (χ1) is 9.74. The standard InChI is InChI=1S/C15H18N4O.ClH/c16-13-3-1-9-18(11-13)15(20)12-4-6-14(7-5-12)19-10-2-8-17-19;/h2,4-8,10,13H,1,3,9,11,16H2;1H. The largest absolute Gasteiger partial charge is 0.337 e. The zero-order valence-corrected chi connectivity index (χ0v) is 12.5. The predicted molar refractivity (Wildman–Crippen MR) is 83.9 cm³/mol. The molecule has 3 rings (SSSR count). The van der Waals surface area contributed by atoms with Gasteiger partial charge in [0.2, 0.25) is 0 Å². The summed E-state index contributed by atoms with van der Waals surface area (Å²) in [6, 6.07) is 9.48. The molecule has 1 aliphatic rings. The molecule has 0 spiro atoms. The van der Waals surface area contributed by atoms with Gasteiger partial charge in [-0.3, -0.25) is 4.79 Å². The van der Waals surface area contributed by atoms with Crippen LogP contribution in [0, 0.1) is 0 Å². The second-order valence-electron chi connectivity index (χ2n) is 5.15. The van der Waals surface area contributed by atoms with Crippen molar-refractivity contribution < 1.29 is 4.79 Å². The molecule has 0 radical (unpaired) electrons. The van der Waals surface area contributed by atoms with Crippen LogP contribution >= 0.6 is 12.4 Å². The van der Waals surface area contributed by atoms with Crippen LogP contribution in [0.3, 0.4) is 0 Å². The van der Waals surface area contributed by atoms with Crippen LogP contribution in [-0.4, -0.2) is 39.7 Å². The van der Waals surface area contributed by atoms with Gasteiger partial charge in [-0.05, 0) is 43.2 Å². The highest BCUT2D eigenvalue weighted by atomic mass is 35.5. The van der Waals surface area contributed by atoms with Crippen molar-refractivity contribution >= 4 is 18.3 Å². The number of benzene rings is 1. The first-order valence-corrected chi connectivity index (χ1v) is 6.89. The molecule has 1 aliphatic heterocycles. The summed E-state index contributed by atoms with van der Waals surface area (Å²) in [6.45, 7) is 1.45. The molecule has 2 N–H and O–H groups in total. The average molecular weight is 307 g/mol. The van der Waals surface area contributed by atoms with E-state index >= 15 is 0 Å². The van der Waals surface area contributed by atoms with Gasteiger partial charge in [0.05, 0.1) is 5.69 Å². The number of likely N-dealkylation sites (tertiary alicyclic amines) is 1. The van der Waals surface area contributed by atoms with Crippen LogP contribution < -0.4 is 5.73 Å². The maximum absolute atomic E-state index is 12.4. The lowest BCUT2D eigenvalue weighted by atomic mass is 10.1. The van der Waals surface area contributed by atoms with Gasteiger partial charge in [0.1, 0.15) is 0 Å². The van der Waals surface area contributed by atoms with E-state index in [-0.39, 0.29) is 24.4 Å². The van der Waals surface area contributed by atoms with Gasteiger partial charge >= 0.3 is 0 Å². The van der Waals surface area contributed by atoms with Crippen LogP contribution in [0.1, 0.15) is 23.2 Å². The van der Waals surface area contributed by atoms with E-state index in [0.29, 0.717) is 12.1 Å². The van der Waals surface area contributed by atoms with Crippen LogP contribution in [0.4, 0.5) is 0 Å². The summed E-state index contributed by atoms with van der Waals surface area (Å²) in [5.74, 6) is 0.0622. The molecular formula is C15H19ClN4O. The highest BCUT2D eigenvalue weighted by Gasteiger charge is 2.22. The molecule has 1 unspecified atom stereocenters. The van der Waals surface area contributed by atoms with E-state index in [0.717, 1.165) is 25.1 Å². The highest BCUT2D eigenvalue weighted by Crippen LogP contribution is 2.14. The maximum Gasteiger partial charge on any atom is 0.253 e. The fourth-order valence-electron chi connectivity index (χ4n) is 2.56. The van der Waals surface area contributed by atoms with Crippen molar-refractivity contribution in [3.8, 4) is 5.69 Å². The summed E-state index contributed by atoms with van der Waals surface area (Å²) < 4.78 is 1.77. The Kier molecular flexibility index (Phi) is 4.98. The number of rotatable bonds is 2. The van der Waals surface area contributed by atoms with Crippen molar-refractivity contribution in [3.63, 3.8) is 0 Å². The van der Waals surface area contributed by atoms with Gasteiger partial charge < -0.3 is 10.6 Å². The summed E-state index contributed by atoms with van der Waals surface area (Å²) in [6.07, 6.45) is 5.59. The molecule has 1 aromatic heterocycles. The van der Waals surface area contributed by atoms with Crippen molar-refractivity contribution in [2.24, 2.45) is 5.73 Å². The fraction of sp³-hybridized carbons (Fsp3) is 0.333. The predicted octanol–water partition coefficient (Wildman–Crippen LogP) is 1.86. The Hall–Kier alpha value is -1.85. The third-order valence-corrected chi connectivity index (χ3v) is 3.63. The molecule has 1 amide bonds. The van der Waals surface area contributed by atoms with E-state index in [9.17, 15) is 4.79 Å². The molecule has 0 saturated carbocycles. The molecule has 2 heterocycles. The lowest BCUT2D eigenvalue weighted by Crippen LogP contribution is -2.45. The Balaban J connectivity index is 0.00000161. The number of hydrogen-bond donors (Lipinski definition) is 1. The molecule has 1 atom stereocenters. The van der Waals surface area contributed by atoms with Gasteiger partial charge in [-0.25, -0.2) is 4.68 Å². The number of amides is 1. The van der Waals surface area contributed by atoms with E-state index in [1.54, 1.807) is 10.9 Å². The van der Waals surface area contributed by atoms with Gasteiger partial charge in [0.25, 0.3) is 5.91 Å². The monoisotopic (exact) mass is 306 g/mol. The van der Waals surface area contributed by atoms with Crippen LogP contribution in [0.2, 0.25) is 0 Å². The first kappa shape index (κ1) is 15.5. The van der Waals surface area contributed by atoms with E-state index in [2.05, 4.69) is 5.10 Å². The highest BCUT2D eigenvalue weighted by molar-refractivity contribution is 5.94. The van der Waals surface area contributed by atoms with Crippen molar-refractivity contribution in [1.29, 1.82) is 0 Å². The van der Waals surface area contributed by atoms with Crippen molar-refractivity contribution in [1.82, 2.24) is 14.7 Å². The normalized spacial score (nSPS) is 18.1. The zero-order chi connectivity index (χ0) is 13.9. The van der Waals surface area contributed by atoms with Gasteiger partial charge in [0, 0.05) is 37.1 Å². The minimum absolute atomic E-state index is 0. The summed E-state index contributed by atoms with van der Waals surface area (Å²) in [5.41, 5.74) is 7.57. The molecule has 1 aromatic carbocycles. The lowest BCUT2D eigenvalue weighted by Gasteiger charge is -2.30. The third-order valence-electron chi connectivity index (χ3n) is 3.63. The van der Waals surface area contributed by atoms with E-state index in [1.807, 2.05) is 41.4 Å². The molecular weight excluding hydrogens is 288 g/mol. The average Bonchev–Trinajstić information content (AvgIpc) is 3.01. The number of nitrogens with two attached hydrogens (primary N) is 1. The number of hydrogen-bond acceptors (Lipinski definition) is 3. The van der Waals surface area contributed by atoms with Crippen molar-refractivity contribution in [3.05, 3.63) is 48.3 Å². The summed E-state index contributed by atoms with van der Waals surface area (Å²) in [7, 11) is 0. The summed E-state index contributed by atoms with van der Waals surface area (Å²) >= 11 is 0. The van der Waals surface area contributed by atoms with Gasteiger partial charge in [-0.15, -0.1) is 12.4 Å². The molecule has 1 fully saturated rings. The molecule has 0 aliphatic carbocycles. The third kappa shape index (κ3) is 3.43. The van der Waals surface area contributed by atoms with E-state index < -0.39 is 0 Å². The minimum Gasteiger partial charge on any atom is -0.337 e. The van der Waals surface area contributed by atoms with Gasteiger partial charge in [-0.1, -0.05) is 0 Å². The molecule has 21 heavy (non-hydrogen) atoms. The summed E-state index contributed by atoms with van der Waals surface area (Å²) in [4.78, 5) is 14.2. The Labute approximate surface area is 130 Å². The second-order valence-corrected chi connectivity index (χ2v) is 5.15. The Morgan fingerprint density at radius 3 is 2.67 bits per heavy atom. The number of carbonyl (C=O) groups excluding carboxylic acids is 1. The molecule has 0 bridgehead atoms. The number of piperidine rings is 1. The smallest absolute Gasteiger partial charge is 0.253 e. The van der Waals surface area contributed by atoms with Crippen LogP contribution in [0.25, 0.3) is 5.69 Å². The number of carbonyl (C=O) groups is 1. The van der Waals surface area contributed by atoms with Gasteiger partial charge in [0.15, 0.2) is 0 Å². The Bertz CT molecular complexity index is 582. The van der Waals surface area contributed by atoms with Crippen LogP contribution in [0.5, 0.6) is 0 Å². The Morgan fingerprint density at radius 2 is 2.05 bits per heavy atom. The Morgan fingerprint density at radius 1 is 1.29 bits per heavy atom. The number of aromatic nitrogens is 2. The number of nitrogens with zero attached hydrogens (tertiary/aromatic N) is 3. The number of halogens is 1. The van der Waals surface area contributed by atoms with Crippen molar-refractivity contribution in [2.45, 2.75) is 18.9 Å². The van der Waals surface area contributed by atoms with E-state index in [4.69, 9.17) is 5.73 Å². The lowest BCUT2D eigenvalue weighted by molar-refractivity contribution is 0.0709. The van der Waals surface area contributed by atoms with Crippen LogP contribution in [0.15, 0.2) is 42.7 Å². The molecule has 6 heteroatoms. The SMILES string of the molecule is Cl.NC1CCCN(C(=O)c2ccc(-n3cccn3)cc2)C1. The van der Waals surface area contributed by atoms with Crippen molar-refractivity contribution in [2.75, 3.05) is 13.1 Å². The zero-order valence-electron chi connectivity index (χ0n) is 11.7. The molecule has 2 aromatic rings. The van der Waals surface area contributed by atoms with Crippen LogP contribution in [-0.2, 0) is 0 Å². The summed E-state index contributed by atoms with van der Waals surface area (Å²) in [5, 5.41) is 4.17. The quantitative estimate of drug-likeness (QED) is 0.921. The topological polar surface area (TPSA) is 64.2 Å². The molecule has 5 nitrogen and oxygen atoms in total.